The van der Waals surface area contributed by atoms with Crippen LogP contribution >= 0.6 is 0 Å². The molecule has 0 radical (unpaired) electrons. The van der Waals surface area contributed by atoms with Gasteiger partial charge >= 0.3 is 9.36 Å². The molecule has 0 aliphatic heterocycles. The topological polar surface area (TPSA) is 45.3 Å². The molecule has 132 valence electrons. The summed E-state index contributed by atoms with van der Waals surface area (Å²) in [6, 6.07) is 0.684. The fourth-order valence-electron chi connectivity index (χ4n) is 2.95. The van der Waals surface area contributed by atoms with Crippen LogP contribution in [-0.4, -0.2) is 39.6 Å². The lowest BCUT2D eigenvalue weighted by Gasteiger charge is -2.33. The molecule has 0 aromatic carbocycles. The van der Waals surface area contributed by atoms with Gasteiger partial charge in [-0.2, -0.15) is 0 Å². The summed E-state index contributed by atoms with van der Waals surface area (Å²) < 4.78 is 6.17. The van der Waals surface area contributed by atoms with Gasteiger partial charge in [0.15, 0.2) is 0 Å². The van der Waals surface area contributed by atoms with Crippen molar-refractivity contribution in [1.82, 2.24) is 15.3 Å². The smallest absolute Gasteiger partial charge is 0.335 e. The Kier molecular flexibility index (Phi) is 8.02. The first kappa shape index (κ1) is 20.1. The molecule has 1 fully saturated rings. The van der Waals surface area contributed by atoms with Gasteiger partial charge in [0.1, 0.15) is 0 Å². The summed E-state index contributed by atoms with van der Waals surface area (Å²) in [5.74, 6) is 0.808. The van der Waals surface area contributed by atoms with Crippen LogP contribution in [0.25, 0.3) is 0 Å². The lowest BCUT2D eigenvalue weighted by Crippen LogP contribution is -2.62. The fraction of sp³-hybridized carbons (Fsp3) is 1.00. The van der Waals surface area contributed by atoms with E-state index in [0.29, 0.717) is 6.04 Å². The first-order chi connectivity index (χ1) is 10.1. The van der Waals surface area contributed by atoms with Crippen LogP contribution in [0.3, 0.4) is 0 Å². The Hall–Kier alpha value is 0.0569. The third kappa shape index (κ3) is 9.25. The Balaban J connectivity index is 2.33. The van der Waals surface area contributed by atoms with Gasteiger partial charge < -0.3 is 19.7 Å². The maximum atomic E-state index is 6.17. The Labute approximate surface area is 140 Å². The number of hydrogen-bond donors (Lipinski definition) is 3. The average molecular weight is 330 g/mol. The van der Waals surface area contributed by atoms with Gasteiger partial charge in [0, 0.05) is 30.3 Å². The number of hydrogen-bond acceptors (Lipinski definition) is 4. The van der Waals surface area contributed by atoms with Crippen LogP contribution in [0.15, 0.2) is 0 Å². The van der Waals surface area contributed by atoms with Gasteiger partial charge in [-0.05, 0) is 60.3 Å². The van der Waals surface area contributed by atoms with Crippen molar-refractivity contribution in [2.24, 2.45) is 5.92 Å². The molecule has 0 aromatic rings. The highest BCUT2D eigenvalue weighted by molar-refractivity contribution is 6.46. The van der Waals surface area contributed by atoms with Crippen LogP contribution < -0.4 is 15.3 Å². The second-order valence-electron chi connectivity index (χ2n) is 8.86. The van der Waals surface area contributed by atoms with Crippen molar-refractivity contribution in [1.29, 1.82) is 0 Å². The Morgan fingerprint density at radius 1 is 0.955 bits per heavy atom. The molecule has 0 saturated heterocycles. The van der Waals surface area contributed by atoms with Crippen LogP contribution in [0.4, 0.5) is 0 Å². The molecule has 1 saturated carbocycles. The fourth-order valence-corrected chi connectivity index (χ4v) is 5.11. The van der Waals surface area contributed by atoms with Gasteiger partial charge in [-0.25, -0.2) is 0 Å². The van der Waals surface area contributed by atoms with Crippen molar-refractivity contribution in [2.45, 2.75) is 91.3 Å². The van der Waals surface area contributed by atoms with Gasteiger partial charge in [-0.3, -0.25) is 0 Å². The number of rotatable bonds is 7. The number of nitrogens with one attached hydrogen (secondary N) is 3. The summed E-state index contributed by atoms with van der Waals surface area (Å²) in [5.41, 5.74) is 0.168. The van der Waals surface area contributed by atoms with Crippen molar-refractivity contribution in [3.8, 4) is 0 Å². The van der Waals surface area contributed by atoms with Gasteiger partial charge in [-0.1, -0.05) is 19.8 Å². The van der Waals surface area contributed by atoms with Crippen molar-refractivity contribution in [3.63, 3.8) is 0 Å². The lowest BCUT2D eigenvalue weighted by molar-refractivity contribution is 0.238. The summed E-state index contributed by atoms with van der Waals surface area (Å²) in [4.78, 5) is 7.28. The van der Waals surface area contributed by atoms with E-state index in [1.165, 1.54) is 25.7 Å². The molecule has 1 aliphatic carbocycles. The third-order valence-electron chi connectivity index (χ3n) is 4.03. The summed E-state index contributed by atoms with van der Waals surface area (Å²) in [6.07, 6.45) is 5.46. The molecular weight excluding hydrogens is 290 g/mol. The summed E-state index contributed by atoms with van der Waals surface area (Å²) in [5, 5.41) is 3.69. The summed E-state index contributed by atoms with van der Waals surface area (Å²) in [7, 11) is -1.61. The molecule has 1 aliphatic rings. The predicted molar refractivity (Wildman–Crippen MR) is 98.3 cm³/mol. The van der Waals surface area contributed by atoms with E-state index >= 15 is 0 Å². The first-order valence-corrected chi connectivity index (χ1v) is 10.6. The zero-order valence-corrected chi connectivity index (χ0v) is 17.0. The van der Waals surface area contributed by atoms with E-state index in [4.69, 9.17) is 4.43 Å². The molecule has 3 N–H and O–H groups in total. The highest BCUT2D eigenvalue weighted by Crippen LogP contribution is 2.23. The molecule has 1 rings (SSSR count). The minimum absolute atomic E-state index is 0.0838. The van der Waals surface area contributed by atoms with Crippen molar-refractivity contribution in [3.05, 3.63) is 0 Å². The van der Waals surface area contributed by atoms with Gasteiger partial charge in [-0.15, -0.1) is 0 Å². The molecule has 4 nitrogen and oxygen atoms in total. The molecule has 2 unspecified atom stereocenters. The molecule has 0 bridgehead atoms. The highest BCUT2D eigenvalue weighted by atomic mass is 28.3. The maximum Gasteiger partial charge on any atom is 0.335 e. The Morgan fingerprint density at radius 3 is 2.00 bits per heavy atom. The Morgan fingerprint density at radius 2 is 1.50 bits per heavy atom. The van der Waals surface area contributed by atoms with Crippen LogP contribution in [0.2, 0.25) is 0 Å². The maximum absolute atomic E-state index is 6.17. The second-order valence-corrected chi connectivity index (χ2v) is 10.5. The van der Waals surface area contributed by atoms with Gasteiger partial charge in [0.2, 0.25) is 0 Å². The van der Waals surface area contributed by atoms with Gasteiger partial charge in [0.05, 0.1) is 0 Å². The standard InChI is InChI=1S/C17H39N3OSi/c1-14-10-8-9-11-15(14)18-12-13-21-22(19-16(2,3)4)20-17(5,6)7/h14-15,18-20,22H,8-13H2,1-7H3. The monoisotopic (exact) mass is 329 g/mol. The van der Waals surface area contributed by atoms with E-state index in [9.17, 15) is 0 Å². The zero-order chi connectivity index (χ0) is 16.8. The molecule has 0 spiro atoms. The van der Waals surface area contributed by atoms with Crippen LogP contribution in [-0.2, 0) is 4.43 Å². The minimum atomic E-state index is -1.61. The average Bonchev–Trinajstić information content (AvgIpc) is 2.32. The van der Waals surface area contributed by atoms with E-state index < -0.39 is 9.36 Å². The van der Waals surface area contributed by atoms with Crippen molar-refractivity contribution in [2.75, 3.05) is 13.2 Å². The van der Waals surface area contributed by atoms with E-state index in [1.54, 1.807) is 0 Å². The largest absolute Gasteiger partial charge is 0.393 e. The predicted octanol–water partition coefficient (Wildman–Crippen LogP) is 2.66. The van der Waals surface area contributed by atoms with Crippen molar-refractivity contribution >= 4 is 9.36 Å². The molecular formula is C17H39N3OSi. The third-order valence-corrected chi connectivity index (χ3v) is 6.86. The quantitative estimate of drug-likeness (QED) is 0.496. The zero-order valence-electron chi connectivity index (χ0n) is 15.9. The van der Waals surface area contributed by atoms with Gasteiger partial charge in [0.25, 0.3) is 0 Å². The summed E-state index contributed by atoms with van der Waals surface area (Å²) in [6.45, 7) is 17.3. The second kappa shape index (κ2) is 8.78. The normalized spacial score (nSPS) is 24.0. The highest BCUT2D eigenvalue weighted by Gasteiger charge is 2.25. The Bertz CT molecular complexity index is 296. The van der Waals surface area contributed by atoms with Crippen LogP contribution in [0.1, 0.15) is 74.1 Å². The molecule has 5 heteroatoms. The molecule has 22 heavy (non-hydrogen) atoms. The molecule has 2 atom stereocenters. The van der Waals surface area contributed by atoms with Crippen LogP contribution in [0, 0.1) is 5.92 Å². The van der Waals surface area contributed by atoms with E-state index in [0.717, 1.165) is 19.1 Å². The molecule has 0 aromatic heterocycles. The van der Waals surface area contributed by atoms with Crippen LogP contribution in [0.5, 0.6) is 0 Å². The van der Waals surface area contributed by atoms with E-state index in [-0.39, 0.29) is 11.1 Å². The van der Waals surface area contributed by atoms with E-state index in [1.807, 2.05) is 0 Å². The SMILES string of the molecule is CC1CCCCC1NCCO[SiH](NC(C)(C)C)NC(C)(C)C. The minimum Gasteiger partial charge on any atom is -0.393 e. The molecule has 0 amide bonds. The lowest BCUT2D eigenvalue weighted by atomic mass is 9.86. The summed E-state index contributed by atoms with van der Waals surface area (Å²) >= 11 is 0. The first-order valence-electron chi connectivity index (χ1n) is 8.97. The van der Waals surface area contributed by atoms with Crippen molar-refractivity contribution < 1.29 is 4.43 Å². The van der Waals surface area contributed by atoms with E-state index in [2.05, 4.69) is 63.7 Å². The molecule has 0 heterocycles.